The first-order valence-electron chi connectivity index (χ1n) is 7.05. The molecule has 0 saturated carbocycles. The highest BCUT2D eigenvalue weighted by atomic mass is 35.5. The maximum absolute atomic E-state index is 6.03. The molecule has 20 heavy (non-hydrogen) atoms. The molecule has 0 fully saturated rings. The van der Waals surface area contributed by atoms with E-state index in [0.717, 1.165) is 30.7 Å². The van der Waals surface area contributed by atoms with Crippen molar-refractivity contribution in [2.75, 3.05) is 20.8 Å². The van der Waals surface area contributed by atoms with E-state index in [-0.39, 0.29) is 11.6 Å². The molecule has 0 amide bonds. The lowest BCUT2D eigenvalue weighted by Crippen LogP contribution is -2.27. The smallest absolute Gasteiger partial charge is 0.125 e. The minimum absolute atomic E-state index is 0.118. The first-order valence-corrected chi connectivity index (χ1v) is 7.43. The zero-order chi connectivity index (χ0) is 15.2. The van der Waals surface area contributed by atoms with E-state index in [1.165, 1.54) is 0 Å². The lowest BCUT2D eigenvalue weighted by atomic mass is 9.94. The third-order valence-corrected chi connectivity index (χ3v) is 3.84. The van der Waals surface area contributed by atoms with Gasteiger partial charge in [-0.15, -0.1) is 0 Å². The molecule has 0 saturated heterocycles. The summed E-state index contributed by atoms with van der Waals surface area (Å²) in [5, 5.41) is 4.20. The van der Waals surface area contributed by atoms with E-state index in [0.29, 0.717) is 5.02 Å². The Balaban J connectivity index is 2.90. The van der Waals surface area contributed by atoms with E-state index in [4.69, 9.17) is 21.1 Å². The molecule has 0 aromatic heterocycles. The first-order chi connectivity index (χ1) is 9.43. The number of benzene rings is 1. The van der Waals surface area contributed by atoms with Crippen molar-refractivity contribution in [3.63, 3.8) is 0 Å². The van der Waals surface area contributed by atoms with Gasteiger partial charge in [-0.1, -0.05) is 24.6 Å². The lowest BCUT2D eigenvalue weighted by molar-refractivity contribution is 0.0116. The largest absolute Gasteiger partial charge is 0.496 e. The maximum atomic E-state index is 6.03. The number of hydrogen-bond donors (Lipinski definition) is 1. The van der Waals surface area contributed by atoms with Crippen LogP contribution in [0.5, 0.6) is 5.75 Å². The number of nitrogens with one attached hydrogen (secondary N) is 1. The van der Waals surface area contributed by atoms with Crippen molar-refractivity contribution in [3.05, 3.63) is 28.8 Å². The van der Waals surface area contributed by atoms with Gasteiger partial charge >= 0.3 is 0 Å². The summed E-state index contributed by atoms with van der Waals surface area (Å²) in [5.41, 5.74) is 1.03. The molecular weight excluding hydrogens is 274 g/mol. The molecule has 0 aliphatic rings. The van der Waals surface area contributed by atoms with Crippen LogP contribution in [-0.4, -0.2) is 26.4 Å². The van der Waals surface area contributed by atoms with Gasteiger partial charge in [0, 0.05) is 23.7 Å². The third kappa shape index (κ3) is 4.97. The molecule has 0 heterocycles. The second-order valence-electron chi connectivity index (χ2n) is 5.50. The molecular formula is C16H26ClNO2. The zero-order valence-corrected chi connectivity index (χ0v) is 13.9. The van der Waals surface area contributed by atoms with Crippen molar-refractivity contribution in [2.45, 2.75) is 45.3 Å². The Bertz CT molecular complexity index is 421. The highest BCUT2D eigenvalue weighted by Gasteiger charge is 2.21. The minimum atomic E-state index is -0.118. The Hall–Kier alpha value is -0.770. The van der Waals surface area contributed by atoms with Crippen molar-refractivity contribution in [2.24, 2.45) is 0 Å². The van der Waals surface area contributed by atoms with E-state index < -0.39 is 0 Å². The second kappa shape index (κ2) is 7.87. The van der Waals surface area contributed by atoms with E-state index >= 15 is 0 Å². The number of methoxy groups -OCH3 is 2. The van der Waals surface area contributed by atoms with E-state index in [1.54, 1.807) is 14.2 Å². The minimum Gasteiger partial charge on any atom is -0.496 e. The molecule has 0 aliphatic heterocycles. The number of hydrogen-bond acceptors (Lipinski definition) is 3. The van der Waals surface area contributed by atoms with Gasteiger partial charge in [0.2, 0.25) is 0 Å². The summed E-state index contributed by atoms with van der Waals surface area (Å²) < 4.78 is 11.0. The Morgan fingerprint density at radius 3 is 2.55 bits per heavy atom. The molecule has 0 bridgehead atoms. The van der Waals surface area contributed by atoms with Gasteiger partial charge < -0.3 is 14.8 Å². The lowest BCUT2D eigenvalue weighted by Gasteiger charge is -2.27. The molecule has 0 radical (unpaired) electrons. The van der Waals surface area contributed by atoms with Gasteiger partial charge in [0.15, 0.2) is 0 Å². The first kappa shape index (κ1) is 17.3. The summed E-state index contributed by atoms with van der Waals surface area (Å²) >= 11 is 6.03. The average Bonchev–Trinajstić information content (AvgIpc) is 2.43. The Kier molecular flexibility index (Phi) is 6.80. The van der Waals surface area contributed by atoms with Gasteiger partial charge in [0.05, 0.1) is 12.7 Å². The van der Waals surface area contributed by atoms with Crippen molar-refractivity contribution < 1.29 is 9.47 Å². The summed E-state index contributed by atoms with van der Waals surface area (Å²) in [6.45, 7) is 7.23. The van der Waals surface area contributed by atoms with E-state index in [9.17, 15) is 0 Å². The van der Waals surface area contributed by atoms with Gasteiger partial charge in [0.25, 0.3) is 0 Å². The zero-order valence-electron chi connectivity index (χ0n) is 13.1. The van der Waals surface area contributed by atoms with Crippen molar-refractivity contribution in [1.82, 2.24) is 5.32 Å². The van der Waals surface area contributed by atoms with Crippen molar-refractivity contribution in [3.8, 4) is 5.75 Å². The van der Waals surface area contributed by atoms with Crippen LogP contribution in [0, 0.1) is 0 Å². The summed E-state index contributed by atoms with van der Waals surface area (Å²) in [4.78, 5) is 0. The SMILES string of the molecule is CCNC(CCC(C)(C)OC)c1ccc(Cl)cc1OC. The number of halogens is 1. The van der Waals surface area contributed by atoms with Crippen LogP contribution >= 0.6 is 11.6 Å². The van der Waals surface area contributed by atoms with Crippen LogP contribution in [0.2, 0.25) is 5.02 Å². The fourth-order valence-electron chi connectivity index (χ4n) is 2.18. The predicted octanol–water partition coefficient (Wildman–Crippen LogP) is 4.20. The Morgan fingerprint density at radius 1 is 1.30 bits per heavy atom. The van der Waals surface area contributed by atoms with Crippen LogP contribution in [0.3, 0.4) is 0 Å². The molecule has 1 atom stereocenters. The molecule has 0 aliphatic carbocycles. The van der Waals surface area contributed by atoms with Crippen LogP contribution in [0.4, 0.5) is 0 Å². The molecule has 1 aromatic carbocycles. The van der Waals surface area contributed by atoms with Crippen LogP contribution < -0.4 is 10.1 Å². The fraction of sp³-hybridized carbons (Fsp3) is 0.625. The molecule has 1 unspecified atom stereocenters. The second-order valence-corrected chi connectivity index (χ2v) is 5.94. The standard InChI is InChI=1S/C16H26ClNO2/c1-6-18-14(9-10-16(2,3)20-5)13-8-7-12(17)11-15(13)19-4/h7-8,11,14,18H,6,9-10H2,1-5H3. The molecule has 1 rings (SSSR count). The van der Waals surface area contributed by atoms with E-state index in [2.05, 4.69) is 26.1 Å². The summed E-state index contributed by atoms with van der Waals surface area (Å²) in [6, 6.07) is 6.05. The van der Waals surface area contributed by atoms with Gasteiger partial charge in [-0.2, -0.15) is 0 Å². The molecule has 1 N–H and O–H groups in total. The molecule has 1 aromatic rings. The quantitative estimate of drug-likeness (QED) is 0.780. The fourth-order valence-corrected chi connectivity index (χ4v) is 2.34. The van der Waals surface area contributed by atoms with Gasteiger partial charge in [0.1, 0.15) is 5.75 Å². The summed E-state index contributed by atoms with van der Waals surface area (Å²) in [5.74, 6) is 0.832. The average molecular weight is 300 g/mol. The summed E-state index contributed by atoms with van der Waals surface area (Å²) in [7, 11) is 3.43. The van der Waals surface area contributed by atoms with Crippen LogP contribution in [0.15, 0.2) is 18.2 Å². The topological polar surface area (TPSA) is 30.5 Å². The predicted molar refractivity (Wildman–Crippen MR) is 84.7 cm³/mol. The highest BCUT2D eigenvalue weighted by Crippen LogP contribution is 2.32. The number of ether oxygens (including phenoxy) is 2. The van der Waals surface area contributed by atoms with Crippen LogP contribution in [-0.2, 0) is 4.74 Å². The maximum Gasteiger partial charge on any atom is 0.125 e. The van der Waals surface area contributed by atoms with Gasteiger partial charge in [-0.05, 0) is 45.4 Å². The van der Waals surface area contributed by atoms with Gasteiger partial charge in [-0.3, -0.25) is 0 Å². The Labute approximate surface area is 127 Å². The number of rotatable bonds is 8. The highest BCUT2D eigenvalue weighted by molar-refractivity contribution is 6.30. The monoisotopic (exact) mass is 299 g/mol. The molecule has 0 spiro atoms. The molecule has 3 nitrogen and oxygen atoms in total. The summed E-state index contributed by atoms with van der Waals surface area (Å²) in [6.07, 6.45) is 1.94. The third-order valence-electron chi connectivity index (χ3n) is 3.61. The van der Waals surface area contributed by atoms with E-state index in [1.807, 2.05) is 18.2 Å². The molecule has 114 valence electrons. The van der Waals surface area contributed by atoms with Gasteiger partial charge in [-0.25, -0.2) is 0 Å². The molecule has 4 heteroatoms. The van der Waals surface area contributed by atoms with Crippen molar-refractivity contribution >= 4 is 11.6 Å². The normalized spacial score (nSPS) is 13.3. The van der Waals surface area contributed by atoms with Crippen LogP contribution in [0.25, 0.3) is 0 Å². The Morgan fingerprint density at radius 2 is 2.00 bits per heavy atom. The van der Waals surface area contributed by atoms with Crippen LogP contribution in [0.1, 0.15) is 45.2 Å². The van der Waals surface area contributed by atoms with Crippen molar-refractivity contribution in [1.29, 1.82) is 0 Å².